The molecule has 2 aromatic rings. The van der Waals surface area contributed by atoms with Crippen molar-refractivity contribution in [1.29, 1.82) is 0 Å². The molecule has 0 aliphatic carbocycles. The van der Waals surface area contributed by atoms with E-state index >= 15 is 0 Å². The van der Waals surface area contributed by atoms with E-state index in [0.717, 1.165) is 0 Å². The number of nitrogens with one attached hydrogen (secondary N) is 1. The zero-order chi connectivity index (χ0) is 15.0. The minimum atomic E-state index is -3.80. The Morgan fingerprint density at radius 3 is 2.75 bits per heavy atom. The van der Waals surface area contributed by atoms with Crippen molar-refractivity contribution >= 4 is 37.3 Å². The molecule has 0 saturated carbocycles. The lowest BCUT2D eigenvalue weighted by molar-refractivity contribution is 0.245. The first-order valence-corrected chi connectivity index (χ1v) is 8.75. The smallest absolute Gasteiger partial charge is 0.245 e. The molecule has 0 unspecified atom stereocenters. The Morgan fingerprint density at radius 2 is 2.25 bits per heavy atom. The highest BCUT2D eigenvalue weighted by Gasteiger charge is 2.32. The second-order valence-electron chi connectivity index (χ2n) is 4.58. The van der Waals surface area contributed by atoms with Gasteiger partial charge in [0.25, 0.3) is 0 Å². The first kappa shape index (κ1) is 15.6. The van der Waals surface area contributed by atoms with Crippen molar-refractivity contribution < 1.29 is 17.9 Å². The third-order valence-electron chi connectivity index (χ3n) is 2.51. The fraction of sp³-hybridized carbons (Fsp3) is 0.364. The van der Waals surface area contributed by atoms with E-state index in [9.17, 15) is 8.42 Å². The summed E-state index contributed by atoms with van der Waals surface area (Å²) in [4.78, 5) is 4.08. The molecule has 0 saturated heterocycles. The molecular formula is C11H13BrN2O4S2. The average molecular weight is 381 g/mol. The van der Waals surface area contributed by atoms with Gasteiger partial charge in [0, 0.05) is 17.6 Å². The van der Waals surface area contributed by atoms with Gasteiger partial charge >= 0.3 is 0 Å². The molecule has 110 valence electrons. The summed E-state index contributed by atoms with van der Waals surface area (Å²) in [6.07, 6.45) is 1.62. The molecule has 9 heteroatoms. The maximum atomic E-state index is 12.4. The lowest BCUT2D eigenvalue weighted by atomic mass is 10.1. The Bertz CT molecular complexity index is 692. The normalized spacial score (nSPS) is 12.8. The number of nitrogens with zero attached hydrogens (tertiary/aromatic N) is 1. The van der Waals surface area contributed by atoms with E-state index in [1.54, 1.807) is 25.4 Å². The van der Waals surface area contributed by atoms with Gasteiger partial charge in [0.15, 0.2) is 4.67 Å². The molecule has 0 atom stereocenters. The molecule has 20 heavy (non-hydrogen) atoms. The maximum absolute atomic E-state index is 12.4. The fourth-order valence-corrected chi connectivity index (χ4v) is 4.79. The molecule has 0 aliphatic heterocycles. The van der Waals surface area contributed by atoms with Crippen molar-refractivity contribution in [1.82, 2.24) is 9.71 Å². The van der Waals surface area contributed by atoms with Crippen LogP contribution in [-0.4, -0.2) is 18.5 Å². The number of hydrogen-bond donors (Lipinski definition) is 2. The van der Waals surface area contributed by atoms with Crippen LogP contribution in [0.5, 0.6) is 0 Å². The van der Waals surface area contributed by atoms with E-state index in [1.807, 2.05) is 0 Å². The molecule has 0 aromatic carbocycles. The maximum Gasteiger partial charge on any atom is 0.245 e. The Morgan fingerprint density at radius 1 is 1.55 bits per heavy atom. The summed E-state index contributed by atoms with van der Waals surface area (Å²) >= 11 is 4.41. The standard InChI is InChI=1S/C11H13BrN2O4S2/c1-11(2,10-13-3-4-19-10)14-20(16,17)8-5-7(6-15)18-9(8)12/h3-5,14-15H,6H2,1-2H3. The minimum Gasteiger partial charge on any atom is -0.450 e. The molecule has 0 spiro atoms. The number of thiazole rings is 1. The van der Waals surface area contributed by atoms with Gasteiger partial charge in [-0.3, -0.25) is 0 Å². The lowest BCUT2D eigenvalue weighted by Gasteiger charge is -2.23. The van der Waals surface area contributed by atoms with Crippen LogP contribution in [-0.2, 0) is 22.2 Å². The van der Waals surface area contributed by atoms with Gasteiger partial charge in [-0.15, -0.1) is 11.3 Å². The van der Waals surface area contributed by atoms with E-state index in [1.165, 1.54) is 17.4 Å². The van der Waals surface area contributed by atoms with Gasteiger partial charge in [0.1, 0.15) is 22.3 Å². The Hall–Kier alpha value is -0.740. The minimum absolute atomic E-state index is 0.0498. The van der Waals surface area contributed by atoms with Crippen LogP contribution >= 0.6 is 27.3 Å². The molecule has 0 amide bonds. The molecule has 0 bridgehead atoms. The summed E-state index contributed by atoms with van der Waals surface area (Å²) < 4.78 is 32.5. The fourth-order valence-electron chi connectivity index (χ4n) is 1.63. The van der Waals surface area contributed by atoms with E-state index in [0.29, 0.717) is 5.01 Å². The van der Waals surface area contributed by atoms with Gasteiger partial charge in [-0.25, -0.2) is 13.4 Å². The van der Waals surface area contributed by atoms with E-state index in [-0.39, 0.29) is 21.9 Å². The van der Waals surface area contributed by atoms with Crippen molar-refractivity contribution in [2.24, 2.45) is 0 Å². The second-order valence-corrected chi connectivity index (χ2v) is 7.84. The number of furan rings is 1. The monoisotopic (exact) mass is 380 g/mol. The van der Waals surface area contributed by atoms with Crippen LogP contribution in [0.3, 0.4) is 0 Å². The molecule has 0 aliphatic rings. The number of sulfonamides is 1. The van der Waals surface area contributed by atoms with Gasteiger partial charge in [0.2, 0.25) is 10.0 Å². The van der Waals surface area contributed by atoms with Gasteiger partial charge in [0.05, 0.1) is 5.54 Å². The Labute approximate surface area is 129 Å². The third kappa shape index (κ3) is 3.12. The summed E-state index contributed by atoms with van der Waals surface area (Å²) in [6.45, 7) is 3.08. The summed E-state index contributed by atoms with van der Waals surface area (Å²) in [7, 11) is -3.80. The highest BCUT2D eigenvalue weighted by Crippen LogP contribution is 2.29. The summed E-state index contributed by atoms with van der Waals surface area (Å²) in [6, 6.07) is 1.28. The predicted molar refractivity (Wildman–Crippen MR) is 77.8 cm³/mol. The predicted octanol–water partition coefficient (Wildman–Crippen LogP) is 2.20. The van der Waals surface area contributed by atoms with E-state index < -0.39 is 15.6 Å². The number of aromatic nitrogens is 1. The Balaban J connectivity index is 2.34. The van der Waals surface area contributed by atoms with E-state index in [2.05, 4.69) is 25.6 Å². The molecule has 0 fully saturated rings. The van der Waals surface area contributed by atoms with Gasteiger partial charge < -0.3 is 9.52 Å². The zero-order valence-electron chi connectivity index (χ0n) is 10.8. The van der Waals surface area contributed by atoms with Crippen LogP contribution in [0, 0.1) is 0 Å². The van der Waals surface area contributed by atoms with Crippen LogP contribution in [0.15, 0.2) is 31.6 Å². The van der Waals surface area contributed by atoms with Crippen LogP contribution < -0.4 is 4.72 Å². The van der Waals surface area contributed by atoms with Gasteiger partial charge in [-0.2, -0.15) is 4.72 Å². The molecule has 2 rings (SSSR count). The highest BCUT2D eigenvalue weighted by molar-refractivity contribution is 9.10. The van der Waals surface area contributed by atoms with Crippen LogP contribution in [0.4, 0.5) is 0 Å². The summed E-state index contributed by atoms with van der Waals surface area (Å²) in [5.74, 6) is 0.171. The van der Waals surface area contributed by atoms with Crippen LogP contribution in [0.1, 0.15) is 24.6 Å². The second kappa shape index (κ2) is 5.57. The first-order valence-electron chi connectivity index (χ1n) is 5.59. The van der Waals surface area contributed by atoms with E-state index in [4.69, 9.17) is 9.52 Å². The van der Waals surface area contributed by atoms with Crippen molar-refractivity contribution in [3.8, 4) is 0 Å². The van der Waals surface area contributed by atoms with Crippen molar-refractivity contribution in [3.05, 3.63) is 33.1 Å². The van der Waals surface area contributed by atoms with Gasteiger partial charge in [-0.1, -0.05) is 0 Å². The first-order chi connectivity index (χ1) is 9.26. The molecule has 6 nitrogen and oxygen atoms in total. The number of rotatable bonds is 5. The lowest BCUT2D eigenvalue weighted by Crippen LogP contribution is -2.40. The topological polar surface area (TPSA) is 92.4 Å². The van der Waals surface area contributed by atoms with Gasteiger partial charge in [-0.05, 0) is 29.8 Å². The molecule has 0 radical (unpaired) electrons. The number of halogens is 1. The SMILES string of the molecule is CC(C)(NS(=O)(=O)c1cc(CO)oc1Br)c1nccs1. The quantitative estimate of drug-likeness (QED) is 0.829. The van der Waals surface area contributed by atoms with Crippen molar-refractivity contribution in [3.63, 3.8) is 0 Å². The largest absolute Gasteiger partial charge is 0.450 e. The summed E-state index contributed by atoms with van der Waals surface area (Å²) in [5.41, 5.74) is -0.844. The summed E-state index contributed by atoms with van der Waals surface area (Å²) in [5, 5.41) is 11.4. The highest BCUT2D eigenvalue weighted by atomic mass is 79.9. The van der Waals surface area contributed by atoms with Crippen LogP contribution in [0.2, 0.25) is 0 Å². The third-order valence-corrected chi connectivity index (χ3v) is 6.12. The number of aliphatic hydroxyl groups is 1. The number of hydrogen-bond acceptors (Lipinski definition) is 6. The molecule has 2 heterocycles. The molecular weight excluding hydrogens is 368 g/mol. The van der Waals surface area contributed by atoms with Crippen molar-refractivity contribution in [2.45, 2.75) is 30.9 Å². The molecule has 2 N–H and O–H groups in total. The van der Waals surface area contributed by atoms with Crippen molar-refractivity contribution in [2.75, 3.05) is 0 Å². The zero-order valence-corrected chi connectivity index (χ0v) is 14.0. The van der Waals surface area contributed by atoms with Crippen LogP contribution in [0.25, 0.3) is 0 Å². The molecule has 2 aromatic heterocycles. The number of aliphatic hydroxyl groups excluding tert-OH is 1. The average Bonchev–Trinajstić information content (AvgIpc) is 2.95. The Kier molecular flexibility index (Phi) is 4.35.